The lowest BCUT2D eigenvalue weighted by atomic mass is 10.1. The van der Waals surface area contributed by atoms with Crippen LogP contribution >= 0.6 is 0 Å². The highest BCUT2D eigenvalue weighted by Crippen LogP contribution is 2.17. The second kappa shape index (κ2) is 2.53. The molecule has 2 unspecified atom stereocenters. The Morgan fingerprint density at radius 3 is 2.36 bits per heavy atom. The first-order chi connectivity index (χ1) is 5.04. The van der Waals surface area contributed by atoms with E-state index in [-0.39, 0.29) is 11.8 Å². The number of rotatable bonds is 1. The Balaban J connectivity index is 2.74. The summed E-state index contributed by atoms with van der Waals surface area (Å²) in [7, 11) is 1.62. The van der Waals surface area contributed by atoms with E-state index in [0.29, 0.717) is 0 Å². The summed E-state index contributed by atoms with van der Waals surface area (Å²) in [5.41, 5.74) is 0. The van der Waals surface area contributed by atoms with Gasteiger partial charge in [0.1, 0.15) is 0 Å². The highest BCUT2D eigenvalue weighted by molar-refractivity contribution is 5.86. The molecule has 0 aromatic carbocycles. The van der Waals surface area contributed by atoms with E-state index in [1.165, 1.54) is 11.8 Å². The zero-order valence-corrected chi connectivity index (χ0v) is 6.83. The van der Waals surface area contributed by atoms with Crippen molar-refractivity contribution < 1.29 is 14.3 Å². The van der Waals surface area contributed by atoms with Gasteiger partial charge in [0.25, 0.3) is 0 Å². The molecular formula is C7H11NO3. The van der Waals surface area contributed by atoms with Crippen LogP contribution in [0.15, 0.2) is 0 Å². The van der Waals surface area contributed by atoms with Crippen molar-refractivity contribution in [2.24, 2.45) is 0 Å². The van der Waals surface area contributed by atoms with Crippen LogP contribution in [0.5, 0.6) is 0 Å². The molecule has 0 N–H and O–H groups in total. The molecular weight excluding hydrogens is 146 g/mol. The van der Waals surface area contributed by atoms with Gasteiger partial charge in [-0.15, -0.1) is 0 Å². The standard InChI is InChI=1S/C7H11NO3/c1-4-6(5(2)9)11-7(10)8(4)3/h4,6H,1-3H3. The van der Waals surface area contributed by atoms with Crippen molar-refractivity contribution in [2.75, 3.05) is 7.05 Å². The Labute approximate surface area is 65.1 Å². The van der Waals surface area contributed by atoms with Gasteiger partial charge in [0.05, 0.1) is 6.04 Å². The number of likely N-dealkylation sites (N-methyl/N-ethyl adjacent to an activating group) is 1. The average molecular weight is 157 g/mol. The van der Waals surface area contributed by atoms with E-state index in [2.05, 4.69) is 0 Å². The van der Waals surface area contributed by atoms with Crippen molar-refractivity contribution >= 4 is 11.9 Å². The smallest absolute Gasteiger partial charge is 0.410 e. The van der Waals surface area contributed by atoms with E-state index in [9.17, 15) is 9.59 Å². The number of ether oxygens (including phenoxy) is 1. The third kappa shape index (κ3) is 1.20. The summed E-state index contributed by atoms with van der Waals surface area (Å²) in [5.74, 6) is -0.102. The van der Waals surface area contributed by atoms with Gasteiger partial charge in [-0.25, -0.2) is 4.79 Å². The molecule has 1 rings (SSSR count). The summed E-state index contributed by atoms with van der Waals surface area (Å²) < 4.78 is 4.78. The number of carbonyl (C=O) groups is 2. The number of Topliss-reactive ketones (excluding diaryl/α,β-unsaturated/α-hetero) is 1. The van der Waals surface area contributed by atoms with Gasteiger partial charge in [0, 0.05) is 7.05 Å². The average Bonchev–Trinajstić information content (AvgIpc) is 2.17. The number of hydrogen-bond acceptors (Lipinski definition) is 3. The molecule has 1 saturated heterocycles. The van der Waals surface area contributed by atoms with Crippen LogP contribution < -0.4 is 0 Å². The highest BCUT2D eigenvalue weighted by atomic mass is 16.6. The van der Waals surface area contributed by atoms with Crippen molar-refractivity contribution in [3.63, 3.8) is 0 Å². The predicted octanol–water partition coefficient (Wildman–Crippen LogP) is 0.414. The Kier molecular flexibility index (Phi) is 1.85. The lowest BCUT2D eigenvalue weighted by Crippen LogP contribution is -2.33. The Bertz CT molecular complexity index is 202. The fraction of sp³-hybridized carbons (Fsp3) is 0.714. The molecule has 1 fully saturated rings. The lowest BCUT2D eigenvalue weighted by Gasteiger charge is -2.13. The molecule has 0 saturated carbocycles. The number of ketones is 1. The number of cyclic esters (lactones) is 1. The highest BCUT2D eigenvalue weighted by Gasteiger charge is 2.38. The zero-order valence-electron chi connectivity index (χ0n) is 6.83. The first-order valence-electron chi connectivity index (χ1n) is 3.48. The molecule has 0 radical (unpaired) electrons. The lowest BCUT2D eigenvalue weighted by molar-refractivity contribution is -0.124. The van der Waals surface area contributed by atoms with Gasteiger partial charge in [-0.2, -0.15) is 0 Å². The van der Waals surface area contributed by atoms with Gasteiger partial charge in [-0.05, 0) is 13.8 Å². The van der Waals surface area contributed by atoms with Crippen LogP contribution in [0, 0.1) is 0 Å². The molecule has 1 amide bonds. The zero-order chi connectivity index (χ0) is 8.59. The van der Waals surface area contributed by atoms with E-state index in [4.69, 9.17) is 4.74 Å². The third-order valence-electron chi connectivity index (χ3n) is 1.97. The third-order valence-corrected chi connectivity index (χ3v) is 1.97. The first kappa shape index (κ1) is 8.04. The number of nitrogens with zero attached hydrogens (tertiary/aromatic N) is 1. The van der Waals surface area contributed by atoms with E-state index < -0.39 is 12.2 Å². The van der Waals surface area contributed by atoms with Gasteiger partial charge < -0.3 is 9.64 Å². The Morgan fingerprint density at radius 1 is 1.64 bits per heavy atom. The van der Waals surface area contributed by atoms with Gasteiger partial charge in [0.15, 0.2) is 11.9 Å². The topological polar surface area (TPSA) is 46.6 Å². The van der Waals surface area contributed by atoms with Crippen LogP contribution in [0.2, 0.25) is 0 Å². The van der Waals surface area contributed by atoms with E-state index in [1.807, 2.05) is 0 Å². The molecule has 1 aliphatic heterocycles. The van der Waals surface area contributed by atoms with Crippen LogP contribution in [0.3, 0.4) is 0 Å². The van der Waals surface area contributed by atoms with E-state index >= 15 is 0 Å². The normalized spacial score (nSPS) is 30.5. The van der Waals surface area contributed by atoms with Crippen molar-refractivity contribution in [3.05, 3.63) is 0 Å². The summed E-state index contributed by atoms with van der Waals surface area (Å²) in [6, 6.07) is -0.139. The summed E-state index contributed by atoms with van der Waals surface area (Å²) in [6.07, 6.45) is -0.995. The minimum atomic E-state index is -0.576. The van der Waals surface area contributed by atoms with Crippen molar-refractivity contribution in [2.45, 2.75) is 26.0 Å². The maximum Gasteiger partial charge on any atom is 0.410 e. The van der Waals surface area contributed by atoms with Gasteiger partial charge >= 0.3 is 6.09 Å². The first-order valence-corrected chi connectivity index (χ1v) is 3.48. The molecule has 1 heterocycles. The molecule has 0 bridgehead atoms. The van der Waals surface area contributed by atoms with Crippen LogP contribution in [-0.2, 0) is 9.53 Å². The molecule has 0 aromatic rings. The monoisotopic (exact) mass is 157 g/mol. The second-order valence-corrected chi connectivity index (χ2v) is 2.77. The van der Waals surface area contributed by atoms with Gasteiger partial charge in [-0.1, -0.05) is 0 Å². The van der Waals surface area contributed by atoms with E-state index in [1.54, 1.807) is 14.0 Å². The van der Waals surface area contributed by atoms with Gasteiger partial charge in [0.2, 0.25) is 0 Å². The molecule has 0 aliphatic carbocycles. The molecule has 4 heteroatoms. The van der Waals surface area contributed by atoms with Crippen LogP contribution in [0.1, 0.15) is 13.8 Å². The van der Waals surface area contributed by atoms with Gasteiger partial charge in [-0.3, -0.25) is 4.79 Å². The molecule has 4 nitrogen and oxygen atoms in total. The van der Waals surface area contributed by atoms with Crippen LogP contribution in [-0.4, -0.2) is 36.0 Å². The summed E-state index contributed by atoms with van der Waals surface area (Å²) in [4.78, 5) is 23.1. The quantitative estimate of drug-likeness (QED) is 0.554. The maximum atomic E-state index is 10.9. The molecule has 0 aromatic heterocycles. The molecule has 0 spiro atoms. The van der Waals surface area contributed by atoms with Crippen molar-refractivity contribution in [1.82, 2.24) is 4.90 Å². The maximum absolute atomic E-state index is 10.9. The fourth-order valence-electron chi connectivity index (χ4n) is 1.08. The molecule has 62 valence electrons. The number of hydrogen-bond donors (Lipinski definition) is 0. The SMILES string of the molecule is CC(=O)C1OC(=O)N(C)C1C. The largest absolute Gasteiger partial charge is 0.436 e. The number of amides is 1. The predicted molar refractivity (Wildman–Crippen MR) is 38.2 cm³/mol. The summed E-state index contributed by atoms with van der Waals surface area (Å²) in [6.45, 7) is 3.21. The fourth-order valence-corrected chi connectivity index (χ4v) is 1.08. The molecule has 2 atom stereocenters. The van der Waals surface area contributed by atoms with Crippen LogP contribution in [0.4, 0.5) is 4.79 Å². The summed E-state index contributed by atoms with van der Waals surface area (Å²) in [5, 5.41) is 0. The van der Waals surface area contributed by atoms with Crippen molar-refractivity contribution in [1.29, 1.82) is 0 Å². The van der Waals surface area contributed by atoms with Crippen LogP contribution in [0.25, 0.3) is 0 Å². The molecule has 1 aliphatic rings. The van der Waals surface area contributed by atoms with Crippen molar-refractivity contribution in [3.8, 4) is 0 Å². The second-order valence-electron chi connectivity index (χ2n) is 2.77. The minimum absolute atomic E-state index is 0.102. The Hall–Kier alpha value is -1.06. The Morgan fingerprint density at radius 2 is 2.18 bits per heavy atom. The molecule has 11 heavy (non-hydrogen) atoms. The van der Waals surface area contributed by atoms with E-state index in [0.717, 1.165) is 0 Å². The summed E-state index contributed by atoms with van der Waals surface area (Å²) >= 11 is 0. The number of carbonyl (C=O) groups excluding carboxylic acids is 2. The minimum Gasteiger partial charge on any atom is -0.436 e.